The lowest BCUT2D eigenvalue weighted by Crippen LogP contribution is -2.57. The first-order chi connectivity index (χ1) is 22.4. The molecule has 1 aromatic heterocycles. The number of pyridine rings is 1. The third kappa shape index (κ3) is 10.7. The third-order valence-corrected chi connectivity index (χ3v) is 10.1. The van der Waals surface area contributed by atoms with Crippen LogP contribution in [-0.4, -0.2) is 92.7 Å². The largest absolute Gasteiger partial charge is 0.457 e. The number of amides is 1. The van der Waals surface area contributed by atoms with Gasteiger partial charge in [0.05, 0.1) is 12.5 Å². The maximum Gasteiger partial charge on any atom is 0.410 e. The van der Waals surface area contributed by atoms with Gasteiger partial charge in [-0.2, -0.15) is 0 Å². The molecular formula is C38H57N3O6. The summed E-state index contributed by atoms with van der Waals surface area (Å²) in [4.78, 5) is 35.1. The van der Waals surface area contributed by atoms with Crippen LogP contribution in [0.5, 0.6) is 0 Å². The molecule has 0 radical (unpaired) electrons. The number of rotatable bonds is 6. The molecular weight excluding hydrogens is 594 g/mol. The Bertz CT molecular complexity index is 1240. The SMILES string of the molecule is C/C(=C\C=C\[C@H](C)c1ccccn1)[C@H]1OC(=O)C[C@@H](O)CC[C@](C)(O)[C@@H](OC(=O)N2CCN(C3CCCCCC3)C(C)C2)/C=C\[C@@H]1C. The van der Waals surface area contributed by atoms with Gasteiger partial charge < -0.3 is 24.6 Å². The average molecular weight is 652 g/mol. The van der Waals surface area contributed by atoms with Gasteiger partial charge in [0, 0.05) is 55.4 Å². The number of allylic oxidation sites excluding steroid dienone is 3. The molecule has 1 unspecified atom stereocenters. The number of piperazine rings is 1. The van der Waals surface area contributed by atoms with Crippen LogP contribution in [0.4, 0.5) is 4.79 Å². The number of carbonyl (C=O) groups is 2. The molecule has 3 aliphatic rings. The third-order valence-electron chi connectivity index (χ3n) is 10.1. The monoisotopic (exact) mass is 651 g/mol. The van der Waals surface area contributed by atoms with Gasteiger partial charge >= 0.3 is 12.1 Å². The summed E-state index contributed by atoms with van der Waals surface area (Å²) >= 11 is 0. The van der Waals surface area contributed by atoms with Crippen LogP contribution in [0.3, 0.4) is 0 Å². The van der Waals surface area contributed by atoms with Gasteiger partial charge in [0.2, 0.25) is 0 Å². The van der Waals surface area contributed by atoms with Gasteiger partial charge in [-0.05, 0) is 70.2 Å². The van der Waals surface area contributed by atoms with E-state index in [0.29, 0.717) is 19.1 Å². The van der Waals surface area contributed by atoms with E-state index >= 15 is 0 Å². The van der Waals surface area contributed by atoms with Crippen LogP contribution >= 0.6 is 0 Å². The van der Waals surface area contributed by atoms with E-state index in [4.69, 9.17) is 9.47 Å². The van der Waals surface area contributed by atoms with Crippen LogP contribution in [0.25, 0.3) is 0 Å². The van der Waals surface area contributed by atoms with Crippen LogP contribution in [0, 0.1) is 5.92 Å². The van der Waals surface area contributed by atoms with Gasteiger partial charge in [-0.25, -0.2) is 4.79 Å². The summed E-state index contributed by atoms with van der Waals surface area (Å²) in [6.07, 6.45) is 16.0. The molecule has 2 aliphatic heterocycles. The predicted molar refractivity (Wildman–Crippen MR) is 184 cm³/mol. The lowest BCUT2D eigenvalue weighted by atomic mass is 9.88. The fraction of sp³-hybridized carbons (Fsp3) is 0.658. The molecule has 0 spiro atoms. The fourth-order valence-corrected chi connectivity index (χ4v) is 7.12. The number of aromatic nitrogens is 1. The Morgan fingerprint density at radius 1 is 1.13 bits per heavy atom. The fourth-order valence-electron chi connectivity index (χ4n) is 7.12. The van der Waals surface area contributed by atoms with Crippen LogP contribution < -0.4 is 0 Å². The van der Waals surface area contributed by atoms with Gasteiger partial charge in [0.1, 0.15) is 11.7 Å². The van der Waals surface area contributed by atoms with E-state index in [9.17, 15) is 19.8 Å². The van der Waals surface area contributed by atoms with Crippen molar-refractivity contribution in [3.05, 3.63) is 66.0 Å². The maximum absolute atomic E-state index is 13.5. The topological polar surface area (TPSA) is 112 Å². The Kier molecular flexibility index (Phi) is 13.6. The molecule has 2 N–H and O–H groups in total. The van der Waals surface area contributed by atoms with Crippen molar-refractivity contribution < 1.29 is 29.3 Å². The zero-order valence-corrected chi connectivity index (χ0v) is 29.1. The van der Waals surface area contributed by atoms with Crippen molar-refractivity contribution in [3.63, 3.8) is 0 Å². The minimum Gasteiger partial charge on any atom is -0.457 e. The Balaban J connectivity index is 1.47. The zero-order valence-electron chi connectivity index (χ0n) is 29.1. The first-order valence-corrected chi connectivity index (χ1v) is 17.7. The van der Waals surface area contributed by atoms with Crippen LogP contribution in [0.15, 0.2) is 60.3 Å². The van der Waals surface area contributed by atoms with E-state index in [1.807, 2.05) is 56.4 Å². The highest BCUT2D eigenvalue weighted by Gasteiger charge is 2.38. The predicted octanol–water partition coefficient (Wildman–Crippen LogP) is 6.32. The zero-order chi connectivity index (χ0) is 34.0. The van der Waals surface area contributed by atoms with Crippen molar-refractivity contribution in [3.8, 4) is 0 Å². The highest BCUT2D eigenvalue weighted by molar-refractivity contribution is 5.70. The molecule has 1 aliphatic carbocycles. The van der Waals surface area contributed by atoms with Crippen molar-refractivity contribution in [2.75, 3.05) is 19.6 Å². The first kappa shape index (κ1) is 36.8. The van der Waals surface area contributed by atoms with Crippen molar-refractivity contribution in [2.45, 2.75) is 134 Å². The standard InChI is InChI=1S/C38H57N3O6/c1-27(33-17-10-11-22-39-33)13-12-14-28(2)36-29(3)18-19-34(38(5,45)21-20-32(42)25-35(43)47-36)46-37(44)40-23-24-41(30(4)26-40)31-15-8-6-7-9-16-31/h10-14,17-19,22,27,29-32,34,36,42,45H,6-9,15-16,20-21,23-26H2,1-5H3/b13-12+,19-18-,28-14+/t27-,29-,30?,32-,34-,36+,38-/m0/s1. The molecule has 47 heavy (non-hydrogen) atoms. The molecule has 1 amide bonds. The molecule has 4 rings (SSSR count). The summed E-state index contributed by atoms with van der Waals surface area (Å²) in [5, 5.41) is 22.2. The summed E-state index contributed by atoms with van der Waals surface area (Å²) in [6, 6.07) is 6.64. The highest BCUT2D eigenvalue weighted by atomic mass is 16.6. The van der Waals surface area contributed by atoms with Crippen molar-refractivity contribution >= 4 is 12.1 Å². The van der Waals surface area contributed by atoms with Crippen LogP contribution in [-0.2, 0) is 14.3 Å². The van der Waals surface area contributed by atoms with Crippen molar-refractivity contribution in [1.82, 2.24) is 14.8 Å². The second-order valence-corrected chi connectivity index (χ2v) is 14.2. The van der Waals surface area contributed by atoms with E-state index in [2.05, 4.69) is 23.7 Å². The maximum atomic E-state index is 13.5. The molecule has 0 bridgehead atoms. The Labute approximate surface area is 281 Å². The number of esters is 1. The molecule has 1 aromatic rings. The van der Waals surface area contributed by atoms with Crippen molar-refractivity contribution in [2.24, 2.45) is 5.92 Å². The molecule has 1 saturated carbocycles. The Hall–Kier alpha value is -3.01. The summed E-state index contributed by atoms with van der Waals surface area (Å²) in [7, 11) is 0. The minimum absolute atomic E-state index is 0.104. The second-order valence-electron chi connectivity index (χ2n) is 14.2. The number of nitrogens with zero attached hydrogens (tertiary/aromatic N) is 3. The second kappa shape index (κ2) is 17.4. The van der Waals surface area contributed by atoms with Gasteiger partial charge in [0.25, 0.3) is 0 Å². The van der Waals surface area contributed by atoms with Gasteiger partial charge in [-0.3, -0.25) is 14.7 Å². The van der Waals surface area contributed by atoms with Gasteiger partial charge in [-0.15, -0.1) is 0 Å². The Morgan fingerprint density at radius 2 is 1.87 bits per heavy atom. The summed E-state index contributed by atoms with van der Waals surface area (Å²) in [5.41, 5.74) is 0.336. The van der Waals surface area contributed by atoms with Crippen LogP contribution in [0.2, 0.25) is 0 Å². The molecule has 3 heterocycles. The number of aliphatic hydroxyl groups is 2. The summed E-state index contributed by atoms with van der Waals surface area (Å²) < 4.78 is 11.9. The number of aliphatic hydroxyl groups excluding tert-OH is 1. The molecule has 9 heteroatoms. The smallest absolute Gasteiger partial charge is 0.410 e. The Morgan fingerprint density at radius 3 is 2.55 bits per heavy atom. The first-order valence-electron chi connectivity index (χ1n) is 17.7. The van der Waals surface area contributed by atoms with E-state index < -0.39 is 36.0 Å². The minimum atomic E-state index is -1.45. The highest BCUT2D eigenvalue weighted by Crippen LogP contribution is 2.29. The van der Waals surface area contributed by atoms with Crippen LogP contribution in [0.1, 0.15) is 104 Å². The lowest BCUT2D eigenvalue weighted by molar-refractivity contribution is -0.151. The number of ether oxygens (including phenoxy) is 2. The number of carbonyl (C=O) groups excluding carboxylic acids is 2. The molecule has 0 aromatic carbocycles. The molecule has 2 fully saturated rings. The normalized spacial score (nSPS) is 32.5. The average Bonchev–Trinajstić information content (AvgIpc) is 3.33. The molecule has 1 saturated heterocycles. The summed E-state index contributed by atoms with van der Waals surface area (Å²) in [6.45, 7) is 11.7. The number of cyclic esters (lactones) is 1. The van der Waals surface area contributed by atoms with E-state index in [0.717, 1.165) is 17.8 Å². The summed E-state index contributed by atoms with van der Waals surface area (Å²) in [5.74, 6) is -0.692. The van der Waals surface area contributed by atoms with Gasteiger partial charge in [-0.1, -0.05) is 69.9 Å². The van der Waals surface area contributed by atoms with E-state index in [1.165, 1.54) is 38.5 Å². The molecule has 7 atom stereocenters. The number of hydrogen-bond donors (Lipinski definition) is 2. The van der Waals surface area contributed by atoms with Gasteiger partial charge in [0.15, 0.2) is 6.10 Å². The van der Waals surface area contributed by atoms with E-state index in [-0.39, 0.29) is 37.1 Å². The quantitative estimate of drug-likeness (QED) is 0.159. The van der Waals surface area contributed by atoms with E-state index in [1.54, 1.807) is 24.1 Å². The molecule has 9 nitrogen and oxygen atoms in total. The van der Waals surface area contributed by atoms with Crippen molar-refractivity contribution in [1.29, 1.82) is 0 Å². The number of hydrogen-bond acceptors (Lipinski definition) is 8. The lowest BCUT2D eigenvalue weighted by Gasteiger charge is -2.44. The molecule has 260 valence electrons.